The zero-order valence-corrected chi connectivity index (χ0v) is 10.1. The number of amides is 1. The summed E-state index contributed by atoms with van der Waals surface area (Å²) in [4.78, 5) is 12.1. The average molecular weight is 242 g/mol. The normalized spacial score (nSPS) is 10.3. The monoisotopic (exact) mass is 242 g/mol. The summed E-state index contributed by atoms with van der Waals surface area (Å²) in [6.45, 7) is 1.47. The third-order valence-corrected chi connectivity index (χ3v) is 3.11. The van der Waals surface area contributed by atoms with Crippen LogP contribution in [0.3, 0.4) is 0 Å². The molecule has 0 atom stereocenters. The molecule has 0 aliphatic carbocycles. The molecule has 0 spiro atoms. The van der Waals surface area contributed by atoms with E-state index in [1.807, 2.05) is 6.07 Å². The first-order valence-electron chi connectivity index (χ1n) is 5.42. The molecule has 1 rings (SSSR count). The number of ether oxygens (including phenoxy) is 1. The van der Waals surface area contributed by atoms with Gasteiger partial charge in [-0.25, -0.2) is 5.84 Å². The highest BCUT2D eigenvalue weighted by atomic mass is 32.1. The van der Waals surface area contributed by atoms with Gasteiger partial charge in [0.05, 0.1) is 6.61 Å². The first-order valence-corrected chi connectivity index (χ1v) is 6.30. The Bertz CT molecular complexity index is 288. The number of hydrazine groups is 1. The number of rotatable bonds is 8. The van der Waals surface area contributed by atoms with Gasteiger partial charge in [0.15, 0.2) is 0 Å². The minimum Gasteiger partial charge on any atom is -0.381 e. The van der Waals surface area contributed by atoms with E-state index in [1.165, 1.54) is 4.88 Å². The fourth-order valence-electron chi connectivity index (χ4n) is 1.29. The van der Waals surface area contributed by atoms with Crippen molar-refractivity contribution in [1.82, 2.24) is 5.43 Å². The lowest BCUT2D eigenvalue weighted by atomic mass is 10.2. The van der Waals surface area contributed by atoms with Gasteiger partial charge in [-0.15, -0.1) is 11.3 Å². The molecule has 0 aromatic carbocycles. The highest BCUT2D eigenvalue weighted by Crippen LogP contribution is 2.09. The Balaban J connectivity index is 1.87. The van der Waals surface area contributed by atoms with Crippen LogP contribution in [0.25, 0.3) is 0 Å². The number of unbranched alkanes of at least 4 members (excludes halogenated alkanes) is 1. The van der Waals surface area contributed by atoms with Crippen molar-refractivity contribution in [3.05, 3.63) is 22.4 Å². The lowest BCUT2D eigenvalue weighted by Gasteiger charge is -2.03. The van der Waals surface area contributed by atoms with E-state index in [-0.39, 0.29) is 5.91 Å². The molecule has 1 heterocycles. The van der Waals surface area contributed by atoms with Gasteiger partial charge in [0, 0.05) is 24.3 Å². The second kappa shape index (κ2) is 8.27. The topological polar surface area (TPSA) is 64.3 Å². The van der Waals surface area contributed by atoms with Gasteiger partial charge in [-0.3, -0.25) is 10.2 Å². The van der Waals surface area contributed by atoms with Crippen molar-refractivity contribution in [2.75, 3.05) is 13.2 Å². The number of nitrogens with two attached hydrogens (primary N) is 1. The largest absolute Gasteiger partial charge is 0.381 e. The van der Waals surface area contributed by atoms with E-state index >= 15 is 0 Å². The standard InChI is InChI=1S/C11H18N2O2S/c12-13-11(14)5-1-2-7-15-8-6-10-4-3-9-16-10/h3-4,9H,1-2,5-8,12H2,(H,13,14). The molecule has 1 aromatic rings. The lowest BCUT2D eigenvalue weighted by Crippen LogP contribution is -2.29. The third kappa shape index (κ3) is 5.85. The highest BCUT2D eigenvalue weighted by molar-refractivity contribution is 7.09. The molecule has 1 aromatic heterocycles. The van der Waals surface area contributed by atoms with Crippen LogP contribution in [0.15, 0.2) is 17.5 Å². The van der Waals surface area contributed by atoms with Crippen LogP contribution in [0.2, 0.25) is 0 Å². The molecule has 16 heavy (non-hydrogen) atoms. The van der Waals surface area contributed by atoms with E-state index in [0.29, 0.717) is 13.0 Å². The fraction of sp³-hybridized carbons (Fsp3) is 0.545. The molecule has 0 unspecified atom stereocenters. The minimum atomic E-state index is -0.112. The Labute approximate surface area is 99.8 Å². The van der Waals surface area contributed by atoms with Gasteiger partial charge < -0.3 is 4.74 Å². The summed E-state index contributed by atoms with van der Waals surface area (Å²) < 4.78 is 5.47. The van der Waals surface area contributed by atoms with Crippen molar-refractivity contribution in [2.45, 2.75) is 25.7 Å². The van der Waals surface area contributed by atoms with Crippen LogP contribution in [-0.4, -0.2) is 19.1 Å². The van der Waals surface area contributed by atoms with Gasteiger partial charge in [-0.05, 0) is 24.3 Å². The van der Waals surface area contributed by atoms with Crippen LogP contribution < -0.4 is 11.3 Å². The second-order valence-electron chi connectivity index (χ2n) is 3.47. The van der Waals surface area contributed by atoms with Gasteiger partial charge in [-0.1, -0.05) is 6.07 Å². The maximum absolute atomic E-state index is 10.8. The second-order valence-corrected chi connectivity index (χ2v) is 4.50. The van der Waals surface area contributed by atoms with Crippen molar-refractivity contribution in [1.29, 1.82) is 0 Å². The molecule has 4 nitrogen and oxygen atoms in total. The Kier molecular flexibility index (Phi) is 6.80. The van der Waals surface area contributed by atoms with Crippen LogP contribution in [0, 0.1) is 0 Å². The highest BCUT2D eigenvalue weighted by Gasteiger charge is 1.98. The zero-order chi connectivity index (χ0) is 11.6. The van der Waals surface area contributed by atoms with Gasteiger partial charge >= 0.3 is 0 Å². The Morgan fingerprint density at radius 1 is 1.44 bits per heavy atom. The molecule has 0 bridgehead atoms. The van der Waals surface area contributed by atoms with Crippen molar-refractivity contribution in [3.8, 4) is 0 Å². The van der Waals surface area contributed by atoms with E-state index in [4.69, 9.17) is 10.6 Å². The Morgan fingerprint density at radius 3 is 3.00 bits per heavy atom. The first kappa shape index (κ1) is 13.2. The Morgan fingerprint density at radius 2 is 2.31 bits per heavy atom. The average Bonchev–Trinajstić information content (AvgIpc) is 2.80. The molecule has 3 N–H and O–H groups in total. The summed E-state index contributed by atoms with van der Waals surface area (Å²) in [5.74, 6) is 4.85. The number of carbonyl (C=O) groups excluding carboxylic acids is 1. The van der Waals surface area contributed by atoms with Crippen molar-refractivity contribution >= 4 is 17.2 Å². The molecular weight excluding hydrogens is 224 g/mol. The third-order valence-electron chi connectivity index (χ3n) is 2.18. The number of nitrogens with one attached hydrogen (secondary N) is 1. The summed E-state index contributed by atoms with van der Waals surface area (Å²) in [6, 6.07) is 4.16. The maximum Gasteiger partial charge on any atom is 0.233 e. The smallest absolute Gasteiger partial charge is 0.233 e. The van der Waals surface area contributed by atoms with Gasteiger partial charge in [0.2, 0.25) is 5.91 Å². The van der Waals surface area contributed by atoms with Crippen LogP contribution in [0.4, 0.5) is 0 Å². The lowest BCUT2D eigenvalue weighted by molar-refractivity contribution is -0.121. The molecule has 0 aliphatic heterocycles. The number of hydrogen-bond donors (Lipinski definition) is 2. The van der Waals surface area contributed by atoms with Crippen molar-refractivity contribution in [2.24, 2.45) is 5.84 Å². The number of hydrogen-bond acceptors (Lipinski definition) is 4. The maximum atomic E-state index is 10.8. The molecular formula is C11H18N2O2S. The summed E-state index contributed by atoms with van der Waals surface area (Å²) in [7, 11) is 0. The molecule has 90 valence electrons. The van der Waals surface area contributed by atoms with Gasteiger partial charge in [0.25, 0.3) is 0 Å². The predicted octanol–water partition coefficient (Wildman–Crippen LogP) is 1.47. The van der Waals surface area contributed by atoms with Crippen LogP contribution in [0.5, 0.6) is 0 Å². The van der Waals surface area contributed by atoms with Crippen LogP contribution in [0.1, 0.15) is 24.1 Å². The molecule has 0 aliphatic rings. The predicted molar refractivity (Wildman–Crippen MR) is 65.0 cm³/mol. The molecule has 0 saturated carbocycles. The summed E-state index contributed by atoms with van der Waals surface area (Å²) in [5, 5.41) is 2.07. The zero-order valence-electron chi connectivity index (χ0n) is 9.28. The first-order chi connectivity index (χ1) is 7.83. The number of thiophene rings is 1. The van der Waals surface area contributed by atoms with Gasteiger partial charge in [0.1, 0.15) is 0 Å². The van der Waals surface area contributed by atoms with Gasteiger partial charge in [-0.2, -0.15) is 0 Å². The molecule has 0 saturated heterocycles. The number of carbonyl (C=O) groups is 1. The van der Waals surface area contributed by atoms with E-state index in [0.717, 1.165) is 25.9 Å². The van der Waals surface area contributed by atoms with Crippen LogP contribution >= 0.6 is 11.3 Å². The van der Waals surface area contributed by atoms with E-state index in [2.05, 4.69) is 16.9 Å². The summed E-state index contributed by atoms with van der Waals surface area (Å²) in [6.07, 6.45) is 3.17. The van der Waals surface area contributed by atoms with Crippen LogP contribution in [-0.2, 0) is 16.0 Å². The molecule has 0 fully saturated rings. The molecule has 5 heteroatoms. The molecule has 1 amide bonds. The van der Waals surface area contributed by atoms with Crippen molar-refractivity contribution < 1.29 is 9.53 Å². The van der Waals surface area contributed by atoms with E-state index in [9.17, 15) is 4.79 Å². The van der Waals surface area contributed by atoms with E-state index < -0.39 is 0 Å². The molecule has 0 radical (unpaired) electrons. The quantitative estimate of drug-likeness (QED) is 0.314. The summed E-state index contributed by atoms with van der Waals surface area (Å²) >= 11 is 1.75. The Hall–Kier alpha value is -0.910. The van der Waals surface area contributed by atoms with Crippen molar-refractivity contribution in [3.63, 3.8) is 0 Å². The SMILES string of the molecule is NNC(=O)CCCCOCCc1cccs1. The fourth-order valence-corrected chi connectivity index (χ4v) is 1.98. The minimum absolute atomic E-state index is 0.112. The summed E-state index contributed by atoms with van der Waals surface area (Å²) in [5.41, 5.74) is 2.11. The van der Waals surface area contributed by atoms with E-state index in [1.54, 1.807) is 11.3 Å².